The Morgan fingerprint density at radius 2 is 1.18 bits per heavy atom. The van der Waals surface area contributed by atoms with Gasteiger partial charge in [0.05, 0.1) is 27.8 Å². The largest absolute Gasteiger partial charge is 0.444 e. The summed E-state index contributed by atoms with van der Waals surface area (Å²) in [5, 5.41) is 12.7. The molecule has 388 valence electrons. The number of hydrogen-bond donors (Lipinski definition) is 3. The van der Waals surface area contributed by atoms with Crippen molar-refractivity contribution in [3.8, 4) is 21.1 Å². The molecule has 3 N–H and O–H groups in total. The number of rotatable bonds is 14. The lowest BCUT2D eigenvalue weighted by atomic mass is 9.95. The highest BCUT2D eigenvalue weighted by molar-refractivity contribution is 7.22. The molecule has 0 bridgehead atoms. The zero-order valence-corrected chi connectivity index (χ0v) is 46.5. The number of aromatic nitrogens is 4. The Morgan fingerprint density at radius 3 is 1.67 bits per heavy atom. The van der Waals surface area contributed by atoms with Gasteiger partial charge in [-0.1, -0.05) is 12.8 Å². The van der Waals surface area contributed by atoms with E-state index in [9.17, 15) is 14.4 Å². The minimum absolute atomic E-state index is 0.112. The summed E-state index contributed by atoms with van der Waals surface area (Å²) in [4.78, 5) is 64.5. The van der Waals surface area contributed by atoms with E-state index in [0.29, 0.717) is 49.8 Å². The fourth-order valence-corrected chi connectivity index (χ4v) is 18.2. The van der Waals surface area contributed by atoms with E-state index in [1.54, 1.807) is 46.4 Å². The van der Waals surface area contributed by atoms with E-state index >= 15 is 0 Å². The summed E-state index contributed by atoms with van der Waals surface area (Å²) in [6.07, 6.45) is 20.8. The molecule has 2 saturated heterocycles. The molecule has 0 spiro atoms. The van der Waals surface area contributed by atoms with Gasteiger partial charge in [0.15, 0.2) is 0 Å². The monoisotopic (exact) mass is 1060 g/mol. The van der Waals surface area contributed by atoms with E-state index in [2.05, 4.69) is 39.8 Å². The first-order valence-corrected chi connectivity index (χ1v) is 30.5. The fourth-order valence-electron chi connectivity index (χ4n) is 13.2. The highest BCUT2D eigenvalue weighted by Gasteiger charge is 2.39. The van der Waals surface area contributed by atoms with Gasteiger partial charge in [-0.2, -0.15) is 0 Å². The Kier molecular flexibility index (Phi) is 15.3. The highest BCUT2D eigenvalue weighted by Crippen LogP contribution is 2.48. The maximum atomic E-state index is 13.3. The lowest BCUT2D eigenvalue weighted by Crippen LogP contribution is -2.41. The number of thiophene rings is 2. The normalized spacial score (nSPS) is 25.4. The predicted molar refractivity (Wildman–Crippen MR) is 297 cm³/mol. The van der Waals surface area contributed by atoms with Gasteiger partial charge in [-0.25, -0.2) is 14.8 Å². The highest BCUT2D eigenvalue weighted by atomic mass is 32.1. The summed E-state index contributed by atoms with van der Waals surface area (Å²) >= 11 is 6.91. The average Bonchev–Trinajstić information content (AvgIpc) is 4.21. The van der Waals surface area contributed by atoms with Crippen molar-refractivity contribution in [2.45, 2.75) is 142 Å². The predicted octanol–water partition coefficient (Wildman–Crippen LogP) is 12.0. The second-order valence-corrected chi connectivity index (χ2v) is 27.3. The van der Waals surface area contributed by atoms with Gasteiger partial charge in [-0.3, -0.25) is 19.6 Å². The van der Waals surface area contributed by atoms with Gasteiger partial charge < -0.3 is 25.6 Å². The minimum atomic E-state index is -0.543. The second-order valence-electron chi connectivity index (χ2n) is 23.0. The summed E-state index contributed by atoms with van der Waals surface area (Å²) in [5.74, 6) is 5.81. The summed E-state index contributed by atoms with van der Waals surface area (Å²) in [5.41, 5.74) is 6.29. The van der Waals surface area contributed by atoms with E-state index in [4.69, 9.17) is 14.7 Å². The molecule has 4 aliphatic heterocycles. The molecule has 0 aromatic carbocycles. The van der Waals surface area contributed by atoms with Crippen molar-refractivity contribution in [1.29, 1.82) is 0 Å². The summed E-state index contributed by atoms with van der Waals surface area (Å²) < 4.78 is 7.97. The molecule has 4 fully saturated rings. The van der Waals surface area contributed by atoms with Gasteiger partial charge in [0, 0.05) is 81.3 Å². The first-order chi connectivity index (χ1) is 35.3. The lowest BCUT2D eigenvalue weighted by Gasteiger charge is -2.35. The maximum Gasteiger partial charge on any atom is 0.410 e. The third kappa shape index (κ3) is 11.3. The summed E-state index contributed by atoms with van der Waals surface area (Å²) in [6.45, 7) is 16.3. The van der Waals surface area contributed by atoms with Gasteiger partial charge in [-0.05, 0) is 177 Å². The van der Waals surface area contributed by atoms with Crippen molar-refractivity contribution in [3.05, 3.63) is 67.6 Å². The molecular formula is C57H72N8O4S4. The molecular weight excluding hydrogens is 989 g/mol. The molecule has 6 aromatic rings. The number of ketones is 2. The fraction of sp³-hybridized carbons (Fsp3) is 0.596. The number of pyridine rings is 2. The molecule has 6 aromatic heterocycles. The molecule has 6 aliphatic rings. The van der Waals surface area contributed by atoms with Crippen LogP contribution in [0.15, 0.2) is 36.9 Å². The number of Topliss-reactive ketones (excluding diaryl/α,β-unsaturated/α-hetero) is 2. The van der Waals surface area contributed by atoms with Gasteiger partial charge in [0.25, 0.3) is 0 Å². The standard InChI is InChI=1S/C31H40N4O3S2.C26H32N4OS2/c1-18-28-23(9-11-35(18)30(37)38-31(2,3)4)27(29-34-24-17-32-10-8-25(24)40-29)26(39-28)14-22(36)7-5-6-19-12-20-15-33-16-21(20)13-19;1-15-25-20(5-8-29-15)24(26-30-21-14-27-7-6-22(21)33-26)23(32-25)11-19(31)4-2-3-16-9-17-12-28-13-18(17)10-16/h8,10,17-21,33H,5-7,9,11-16H2,1-4H3;6-7,14-18,28-29H,2-5,8-13H2,1H3/t18-,19?,20-,21+;15-,16?,17-,18+/m00/s1. The lowest BCUT2D eigenvalue weighted by molar-refractivity contribution is -0.119. The number of nitrogens with zero attached hydrogens (tertiary/aromatic N) is 5. The van der Waals surface area contributed by atoms with Crippen molar-refractivity contribution in [2.75, 3.05) is 39.3 Å². The average molecular weight is 1060 g/mol. The van der Waals surface area contributed by atoms with Gasteiger partial charge in [0.1, 0.15) is 38.2 Å². The van der Waals surface area contributed by atoms with Crippen LogP contribution >= 0.6 is 45.3 Å². The molecule has 12 nitrogen and oxygen atoms in total. The van der Waals surface area contributed by atoms with Crippen molar-refractivity contribution in [3.63, 3.8) is 0 Å². The maximum absolute atomic E-state index is 13.3. The van der Waals surface area contributed by atoms with Crippen LogP contribution in [0.25, 0.3) is 41.6 Å². The van der Waals surface area contributed by atoms with Crippen molar-refractivity contribution < 1.29 is 19.1 Å². The van der Waals surface area contributed by atoms with Crippen LogP contribution in [0.3, 0.4) is 0 Å². The Balaban J connectivity index is 0.000000160. The Bertz CT molecular complexity index is 2880. The minimum Gasteiger partial charge on any atom is -0.444 e. The molecule has 1 amide bonds. The van der Waals surface area contributed by atoms with Crippen LogP contribution in [0.2, 0.25) is 0 Å². The Hall–Kier alpha value is -4.03. The molecule has 10 heterocycles. The number of carbonyl (C=O) groups is 3. The van der Waals surface area contributed by atoms with Crippen LogP contribution in [0.5, 0.6) is 0 Å². The second kappa shape index (κ2) is 21.9. The number of fused-ring (bicyclic) bond motifs is 6. The van der Waals surface area contributed by atoms with E-state index in [1.807, 2.05) is 61.5 Å². The van der Waals surface area contributed by atoms with E-state index < -0.39 is 5.60 Å². The zero-order chi connectivity index (χ0) is 50.4. The third-order valence-electron chi connectivity index (χ3n) is 16.7. The molecule has 73 heavy (non-hydrogen) atoms. The van der Waals surface area contributed by atoms with E-state index in [-0.39, 0.29) is 12.1 Å². The van der Waals surface area contributed by atoms with Gasteiger partial charge in [0.2, 0.25) is 0 Å². The van der Waals surface area contributed by atoms with E-state index in [0.717, 1.165) is 114 Å². The summed E-state index contributed by atoms with van der Waals surface area (Å²) in [7, 11) is 0. The van der Waals surface area contributed by atoms with Crippen LogP contribution in [0.1, 0.15) is 142 Å². The molecule has 2 aliphatic carbocycles. The number of ether oxygens (including phenoxy) is 1. The number of thiazole rings is 2. The van der Waals surface area contributed by atoms with Gasteiger partial charge >= 0.3 is 6.09 Å². The molecule has 2 saturated carbocycles. The topological polar surface area (TPSA) is 151 Å². The number of amides is 1. The number of hydrogen-bond acceptors (Lipinski definition) is 15. The Labute approximate surface area is 446 Å². The SMILES string of the molecule is C[C@@H]1NCCc2c1sc(CC(=O)CCCC1C[C@H]3CNC[C@H]3C1)c2-c1nc2cnccc2s1.C[C@H]1c2sc(CC(=O)CCCC3C[C@H]4CNC[C@H]4C3)c(-c3nc4cnccc4s3)c2CCN1C(=O)OC(C)(C)C. The van der Waals surface area contributed by atoms with Crippen molar-refractivity contribution in [2.24, 2.45) is 35.5 Å². The number of carbonyl (C=O) groups excluding carboxylic acids is 3. The number of nitrogens with one attached hydrogen (secondary N) is 3. The third-order valence-corrected chi connectivity index (χ3v) is 21.6. The van der Waals surface area contributed by atoms with E-state index in [1.165, 1.54) is 91.1 Å². The van der Waals surface area contributed by atoms with Crippen LogP contribution in [0, 0.1) is 35.5 Å². The van der Waals surface area contributed by atoms with Crippen LogP contribution < -0.4 is 16.0 Å². The Morgan fingerprint density at radius 1 is 0.685 bits per heavy atom. The molecule has 8 atom stereocenters. The molecule has 2 unspecified atom stereocenters. The molecule has 12 rings (SSSR count). The van der Waals surface area contributed by atoms with Crippen molar-refractivity contribution >= 4 is 83.4 Å². The van der Waals surface area contributed by atoms with Crippen LogP contribution in [-0.4, -0.2) is 87.4 Å². The quantitative estimate of drug-likeness (QED) is 0.0956. The van der Waals surface area contributed by atoms with Gasteiger partial charge in [-0.15, -0.1) is 45.3 Å². The molecule has 16 heteroatoms. The first-order valence-electron chi connectivity index (χ1n) is 27.2. The smallest absolute Gasteiger partial charge is 0.410 e. The summed E-state index contributed by atoms with van der Waals surface area (Å²) in [6, 6.07) is 4.27. The van der Waals surface area contributed by atoms with Crippen LogP contribution in [0.4, 0.5) is 4.79 Å². The first kappa shape index (κ1) is 51.1. The van der Waals surface area contributed by atoms with Crippen molar-refractivity contribution in [1.82, 2.24) is 40.8 Å². The zero-order valence-electron chi connectivity index (χ0n) is 43.2. The van der Waals surface area contributed by atoms with Crippen LogP contribution in [-0.2, 0) is 40.0 Å². The molecule has 0 radical (unpaired) electrons.